The average molecular weight is 293 g/mol. The van der Waals surface area contributed by atoms with E-state index in [4.69, 9.17) is 17.4 Å². The molecule has 0 spiro atoms. The van der Waals surface area contributed by atoms with Crippen molar-refractivity contribution in [3.63, 3.8) is 0 Å². The second kappa shape index (κ2) is 6.40. The Hall–Kier alpha value is -2.05. The van der Waals surface area contributed by atoms with E-state index in [1.165, 1.54) is 11.1 Å². The van der Waals surface area contributed by atoms with Gasteiger partial charge in [-0.25, -0.2) is 0 Å². The molecule has 1 aromatic carbocycles. The van der Waals surface area contributed by atoms with Gasteiger partial charge in [0, 0.05) is 13.6 Å². The van der Waals surface area contributed by atoms with Crippen molar-refractivity contribution in [2.75, 3.05) is 23.1 Å². The van der Waals surface area contributed by atoms with Gasteiger partial charge < -0.3 is 16.1 Å². The minimum Gasteiger partial charge on any atom is -0.371 e. The highest BCUT2D eigenvalue weighted by molar-refractivity contribution is 6.28. The van der Waals surface area contributed by atoms with Crippen LogP contribution in [-0.4, -0.2) is 17.0 Å². The molecule has 0 atom stereocenters. The Morgan fingerprint density at radius 3 is 2.55 bits per heavy atom. The Morgan fingerprint density at radius 2 is 1.90 bits per heavy atom. The lowest BCUT2D eigenvalue weighted by Gasteiger charge is -2.14. The van der Waals surface area contributed by atoms with Crippen LogP contribution in [-0.2, 0) is 6.54 Å². The molecule has 0 bridgehead atoms. The van der Waals surface area contributed by atoms with Crippen molar-refractivity contribution in [1.29, 1.82) is 0 Å². The lowest BCUT2D eigenvalue weighted by Crippen LogP contribution is -2.15. The molecule has 5 N–H and O–H groups in total. The number of hydrazine groups is 1. The van der Waals surface area contributed by atoms with Crippen molar-refractivity contribution in [1.82, 2.24) is 9.97 Å². The normalized spacial score (nSPS) is 10.2. The zero-order chi connectivity index (χ0) is 14.5. The van der Waals surface area contributed by atoms with E-state index in [2.05, 4.69) is 45.1 Å². The van der Waals surface area contributed by atoms with E-state index in [1.54, 1.807) is 7.05 Å². The molecule has 0 amide bonds. The fourth-order valence-electron chi connectivity index (χ4n) is 1.87. The molecule has 0 unspecified atom stereocenters. The van der Waals surface area contributed by atoms with Crippen LogP contribution in [0.2, 0.25) is 5.28 Å². The van der Waals surface area contributed by atoms with Crippen LogP contribution in [0.15, 0.2) is 24.3 Å². The number of hydrogen-bond acceptors (Lipinski definition) is 6. The van der Waals surface area contributed by atoms with Crippen molar-refractivity contribution in [2.45, 2.75) is 13.5 Å². The first kappa shape index (κ1) is 14.4. The maximum atomic E-state index is 5.90. The molecule has 20 heavy (non-hydrogen) atoms. The number of rotatable bonds is 5. The van der Waals surface area contributed by atoms with E-state index in [1.807, 2.05) is 12.1 Å². The van der Waals surface area contributed by atoms with Gasteiger partial charge in [-0.05, 0) is 29.7 Å². The molecule has 1 aromatic heterocycles. The molecule has 6 nitrogen and oxygen atoms in total. The van der Waals surface area contributed by atoms with Crippen LogP contribution >= 0.6 is 11.6 Å². The molecule has 0 aliphatic carbocycles. The van der Waals surface area contributed by atoms with Crippen LogP contribution in [0.3, 0.4) is 0 Å². The number of halogens is 1. The SMILES string of the molecule is CNc1nc(Cl)nc(NCc2ccccc2C)c1NN. The van der Waals surface area contributed by atoms with Gasteiger partial charge in [0.1, 0.15) is 5.69 Å². The van der Waals surface area contributed by atoms with Gasteiger partial charge in [0.25, 0.3) is 0 Å². The molecule has 0 aliphatic rings. The van der Waals surface area contributed by atoms with E-state index in [-0.39, 0.29) is 5.28 Å². The molecule has 7 heteroatoms. The summed E-state index contributed by atoms with van der Waals surface area (Å²) in [6.07, 6.45) is 0. The van der Waals surface area contributed by atoms with E-state index < -0.39 is 0 Å². The van der Waals surface area contributed by atoms with Gasteiger partial charge in [-0.15, -0.1) is 0 Å². The van der Waals surface area contributed by atoms with Gasteiger partial charge in [-0.1, -0.05) is 24.3 Å². The Morgan fingerprint density at radius 1 is 1.20 bits per heavy atom. The third-order valence-corrected chi connectivity index (χ3v) is 3.14. The third kappa shape index (κ3) is 3.09. The number of nitrogens with one attached hydrogen (secondary N) is 3. The summed E-state index contributed by atoms with van der Waals surface area (Å²) in [5.41, 5.74) is 5.54. The second-order valence-electron chi connectivity index (χ2n) is 4.24. The van der Waals surface area contributed by atoms with Crippen LogP contribution in [0.4, 0.5) is 17.3 Å². The zero-order valence-corrected chi connectivity index (χ0v) is 12.1. The number of aromatic nitrogens is 2. The zero-order valence-electron chi connectivity index (χ0n) is 11.4. The highest BCUT2D eigenvalue weighted by Crippen LogP contribution is 2.28. The maximum Gasteiger partial charge on any atom is 0.226 e. The minimum atomic E-state index is 0.153. The highest BCUT2D eigenvalue weighted by atomic mass is 35.5. The smallest absolute Gasteiger partial charge is 0.226 e. The van der Waals surface area contributed by atoms with Crippen molar-refractivity contribution < 1.29 is 0 Å². The summed E-state index contributed by atoms with van der Waals surface area (Å²) >= 11 is 5.90. The summed E-state index contributed by atoms with van der Waals surface area (Å²) < 4.78 is 0. The van der Waals surface area contributed by atoms with Gasteiger partial charge in [0.15, 0.2) is 11.6 Å². The second-order valence-corrected chi connectivity index (χ2v) is 4.58. The summed E-state index contributed by atoms with van der Waals surface area (Å²) in [4.78, 5) is 8.21. The van der Waals surface area contributed by atoms with Crippen molar-refractivity contribution in [3.8, 4) is 0 Å². The Kier molecular flexibility index (Phi) is 4.60. The molecule has 0 radical (unpaired) electrons. The first-order valence-electron chi connectivity index (χ1n) is 6.16. The lowest BCUT2D eigenvalue weighted by molar-refractivity contribution is 1.06. The summed E-state index contributed by atoms with van der Waals surface area (Å²) in [6.45, 7) is 2.68. The van der Waals surface area contributed by atoms with Gasteiger partial charge in [-0.2, -0.15) is 9.97 Å². The van der Waals surface area contributed by atoms with Crippen molar-refractivity contribution in [2.24, 2.45) is 5.84 Å². The van der Waals surface area contributed by atoms with Gasteiger partial charge in [-0.3, -0.25) is 5.84 Å². The largest absolute Gasteiger partial charge is 0.371 e. The molecular formula is C13H17ClN6. The molecule has 1 heterocycles. The van der Waals surface area contributed by atoms with Crippen LogP contribution < -0.4 is 21.9 Å². The fourth-order valence-corrected chi connectivity index (χ4v) is 2.04. The molecule has 0 fully saturated rings. The van der Waals surface area contributed by atoms with Crippen LogP contribution in [0, 0.1) is 6.92 Å². The van der Waals surface area contributed by atoms with Crippen molar-refractivity contribution >= 4 is 28.9 Å². The van der Waals surface area contributed by atoms with Crippen LogP contribution in [0.1, 0.15) is 11.1 Å². The van der Waals surface area contributed by atoms with Gasteiger partial charge >= 0.3 is 0 Å². The quantitative estimate of drug-likeness (QED) is 0.384. The standard InChI is InChI=1S/C13H17ClN6/c1-8-5-3-4-6-9(8)7-17-12-10(20-15)11(16-2)18-13(14)19-12/h3-6,20H,7,15H2,1-2H3,(H2,16,17,18,19). The number of hydrogen-bond donors (Lipinski definition) is 4. The number of aryl methyl sites for hydroxylation is 1. The average Bonchev–Trinajstić information content (AvgIpc) is 2.45. The fraction of sp³-hybridized carbons (Fsp3) is 0.231. The number of anilines is 3. The van der Waals surface area contributed by atoms with E-state index in [0.717, 1.165) is 0 Å². The number of nitrogens with two attached hydrogens (primary N) is 1. The molecule has 2 rings (SSSR count). The number of nitrogens with zero attached hydrogens (tertiary/aromatic N) is 2. The third-order valence-electron chi connectivity index (χ3n) is 2.97. The summed E-state index contributed by atoms with van der Waals surface area (Å²) in [5, 5.41) is 6.29. The number of benzene rings is 1. The summed E-state index contributed by atoms with van der Waals surface area (Å²) in [6, 6.07) is 8.12. The first-order valence-corrected chi connectivity index (χ1v) is 6.53. The van der Waals surface area contributed by atoms with Crippen molar-refractivity contribution in [3.05, 3.63) is 40.7 Å². The molecule has 0 aliphatic heterocycles. The summed E-state index contributed by atoms with van der Waals surface area (Å²) in [5.74, 6) is 6.62. The monoisotopic (exact) mass is 292 g/mol. The lowest BCUT2D eigenvalue weighted by atomic mass is 10.1. The predicted molar refractivity (Wildman–Crippen MR) is 82.9 cm³/mol. The minimum absolute atomic E-state index is 0.153. The van der Waals surface area contributed by atoms with Crippen LogP contribution in [0.25, 0.3) is 0 Å². The molecule has 106 valence electrons. The Balaban J connectivity index is 2.25. The van der Waals surface area contributed by atoms with Gasteiger partial charge in [0.05, 0.1) is 0 Å². The molecule has 0 saturated carbocycles. The predicted octanol–water partition coefficient (Wildman–Crippen LogP) is 2.38. The van der Waals surface area contributed by atoms with Gasteiger partial charge in [0.2, 0.25) is 5.28 Å². The maximum absolute atomic E-state index is 5.90. The first-order chi connectivity index (χ1) is 9.65. The molecular weight excluding hydrogens is 276 g/mol. The molecule has 0 saturated heterocycles. The topological polar surface area (TPSA) is 87.9 Å². The Bertz CT molecular complexity index is 601. The van der Waals surface area contributed by atoms with E-state index in [0.29, 0.717) is 23.9 Å². The highest BCUT2D eigenvalue weighted by Gasteiger charge is 2.12. The molecule has 2 aromatic rings. The van der Waals surface area contributed by atoms with E-state index >= 15 is 0 Å². The van der Waals surface area contributed by atoms with Crippen LogP contribution in [0.5, 0.6) is 0 Å². The number of nitrogen functional groups attached to an aromatic ring is 1. The summed E-state index contributed by atoms with van der Waals surface area (Å²) in [7, 11) is 1.74. The Labute approximate surface area is 122 Å². The van der Waals surface area contributed by atoms with E-state index in [9.17, 15) is 0 Å².